The molecule has 1 nitrogen and oxygen atoms in total. The molecule has 8 heavy (non-hydrogen) atoms. The first-order chi connectivity index (χ1) is 3.66. The molecule has 0 unspecified atom stereocenters. The normalized spacial score (nSPS) is 12.9. The highest BCUT2D eigenvalue weighted by Crippen LogP contribution is 2.01. The predicted octanol–water partition coefficient (Wildman–Crippen LogP) is 1.49. The molecule has 0 aromatic carbocycles. The molecule has 0 bridgehead atoms. The second kappa shape index (κ2) is 3.61. The minimum absolute atomic E-state index is 0.183. The van der Waals surface area contributed by atoms with Crippen molar-refractivity contribution in [1.82, 2.24) is 0 Å². The van der Waals surface area contributed by atoms with Crippen molar-refractivity contribution in [3.05, 3.63) is 11.9 Å². The van der Waals surface area contributed by atoms with Crippen LogP contribution in [0.25, 0.3) is 0 Å². The van der Waals surface area contributed by atoms with Gasteiger partial charge in [0.05, 0.1) is 6.61 Å². The first kappa shape index (κ1) is 7.63. The van der Waals surface area contributed by atoms with Crippen molar-refractivity contribution >= 4 is 0 Å². The standard InChI is InChI=1S/C6H11FO/c1-5(2)3-6(7)4-8/h3,5,8H,4H2,1-2H3/b6-3+. The highest BCUT2D eigenvalue weighted by atomic mass is 19.1. The van der Waals surface area contributed by atoms with E-state index in [2.05, 4.69) is 0 Å². The molecule has 0 aromatic heterocycles. The molecule has 0 amide bonds. The van der Waals surface area contributed by atoms with Gasteiger partial charge in [-0.3, -0.25) is 0 Å². The first-order valence-corrected chi connectivity index (χ1v) is 2.64. The molecule has 2 heteroatoms. The average Bonchev–Trinajstić information content (AvgIpc) is 1.65. The lowest BCUT2D eigenvalue weighted by molar-refractivity contribution is 0.296. The molecule has 0 saturated heterocycles. The summed E-state index contributed by atoms with van der Waals surface area (Å²) in [6, 6.07) is 0. The number of allylic oxidation sites excluding steroid dienone is 1. The SMILES string of the molecule is CC(C)/C=C(/F)CO. The van der Waals surface area contributed by atoms with Crippen molar-refractivity contribution in [2.45, 2.75) is 13.8 Å². The summed E-state index contributed by atoms with van der Waals surface area (Å²) in [5, 5.41) is 8.14. The summed E-state index contributed by atoms with van der Waals surface area (Å²) < 4.78 is 12.0. The monoisotopic (exact) mass is 118 g/mol. The van der Waals surface area contributed by atoms with Gasteiger partial charge in [0.1, 0.15) is 5.83 Å². The third-order valence-electron chi connectivity index (χ3n) is 0.665. The molecule has 0 atom stereocenters. The Hall–Kier alpha value is -0.370. The predicted molar refractivity (Wildman–Crippen MR) is 31.1 cm³/mol. The highest BCUT2D eigenvalue weighted by Gasteiger charge is 1.91. The summed E-state index contributed by atoms with van der Waals surface area (Å²) in [4.78, 5) is 0. The molecular formula is C6H11FO. The lowest BCUT2D eigenvalue weighted by Gasteiger charge is -1.93. The van der Waals surface area contributed by atoms with Crippen LogP contribution in [0.5, 0.6) is 0 Å². The smallest absolute Gasteiger partial charge is 0.122 e. The third-order valence-corrected chi connectivity index (χ3v) is 0.665. The second-order valence-corrected chi connectivity index (χ2v) is 2.02. The van der Waals surface area contributed by atoms with Crippen molar-refractivity contribution in [1.29, 1.82) is 0 Å². The summed E-state index contributed by atoms with van der Waals surface area (Å²) >= 11 is 0. The van der Waals surface area contributed by atoms with Gasteiger partial charge in [0.15, 0.2) is 0 Å². The maximum absolute atomic E-state index is 12.0. The van der Waals surface area contributed by atoms with Crippen LogP contribution in [0.3, 0.4) is 0 Å². The molecule has 0 aliphatic rings. The van der Waals surface area contributed by atoms with Crippen molar-refractivity contribution < 1.29 is 9.50 Å². The van der Waals surface area contributed by atoms with Gasteiger partial charge in [0.25, 0.3) is 0 Å². The second-order valence-electron chi connectivity index (χ2n) is 2.02. The van der Waals surface area contributed by atoms with Crippen LogP contribution in [0.1, 0.15) is 13.8 Å². The van der Waals surface area contributed by atoms with E-state index in [1.807, 2.05) is 13.8 Å². The first-order valence-electron chi connectivity index (χ1n) is 2.64. The van der Waals surface area contributed by atoms with Gasteiger partial charge in [-0.2, -0.15) is 0 Å². The fourth-order valence-electron chi connectivity index (χ4n) is 0.414. The number of halogens is 1. The van der Waals surface area contributed by atoms with Gasteiger partial charge in [0.2, 0.25) is 0 Å². The van der Waals surface area contributed by atoms with Crippen LogP contribution < -0.4 is 0 Å². The lowest BCUT2D eigenvalue weighted by atomic mass is 10.2. The molecule has 0 spiro atoms. The molecule has 0 aliphatic carbocycles. The van der Waals surface area contributed by atoms with Crippen LogP contribution in [0, 0.1) is 5.92 Å². The topological polar surface area (TPSA) is 20.2 Å². The number of aliphatic hydroxyl groups is 1. The van der Waals surface area contributed by atoms with Gasteiger partial charge in [-0.15, -0.1) is 0 Å². The summed E-state index contributed by atoms with van der Waals surface area (Å²) in [5.41, 5.74) is 0. The third kappa shape index (κ3) is 3.81. The van der Waals surface area contributed by atoms with Crippen molar-refractivity contribution in [2.24, 2.45) is 5.92 Å². The molecule has 0 fully saturated rings. The van der Waals surface area contributed by atoms with E-state index >= 15 is 0 Å². The van der Waals surface area contributed by atoms with Gasteiger partial charge < -0.3 is 5.11 Å². The van der Waals surface area contributed by atoms with Gasteiger partial charge in [-0.05, 0) is 12.0 Å². The Labute approximate surface area is 48.8 Å². The van der Waals surface area contributed by atoms with Crippen molar-refractivity contribution in [3.63, 3.8) is 0 Å². The zero-order chi connectivity index (χ0) is 6.57. The maximum atomic E-state index is 12.0. The quantitative estimate of drug-likeness (QED) is 0.582. The molecule has 0 aliphatic heterocycles. The number of hydrogen-bond donors (Lipinski definition) is 1. The largest absolute Gasteiger partial charge is 0.389 e. The van der Waals surface area contributed by atoms with Crippen LogP contribution in [0.2, 0.25) is 0 Å². The summed E-state index contributed by atoms with van der Waals surface area (Å²) in [6.07, 6.45) is 1.39. The Morgan fingerprint density at radius 3 is 2.38 bits per heavy atom. The fraction of sp³-hybridized carbons (Fsp3) is 0.667. The Balaban J connectivity index is 3.56. The lowest BCUT2D eigenvalue weighted by Crippen LogP contribution is -1.86. The van der Waals surface area contributed by atoms with Gasteiger partial charge in [-0.25, -0.2) is 4.39 Å². The van der Waals surface area contributed by atoms with Gasteiger partial charge >= 0.3 is 0 Å². The maximum Gasteiger partial charge on any atom is 0.122 e. The molecule has 0 radical (unpaired) electrons. The minimum Gasteiger partial charge on any atom is -0.389 e. The number of aliphatic hydroxyl groups excluding tert-OH is 1. The van der Waals surface area contributed by atoms with E-state index in [-0.39, 0.29) is 5.92 Å². The highest BCUT2D eigenvalue weighted by molar-refractivity contribution is 4.92. The fourth-order valence-corrected chi connectivity index (χ4v) is 0.414. The summed E-state index contributed by atoms with van der Waals surface area (Å²) in [5.74, 6) is -0.262. The van der Waals surface area contributed by atoms with E-state index in [1.54, 1.807) is 0 Å². The Bertz CT molecular complexity index is 86.5. The van der Waals surface area contributed by atoms with Gasteiger partial charge in [-0.1, -0.05) is 13.8 Å². The number of hydrogen-bond acceptors (Lipinski definition) is 1. The van der Waals surface area contributed by atoms with Crippen molar-refractivity contribution in [3.8, 4) is 0 Å². The molecule has 0 aromatic rings. The van der Waals surface area contributed by atoms with E-state index in [1.165, 1.54) is 6.08 Å². The van der Waals surface area contributed by atoms with E-state index in [0.29, 0.717) is 0 Å². The van der Waals surface area contributed by atoms with E-state index in [9.17, 15) is 4.39 Å². The zero-order valence-corrected chi connectivity index (χ0v) is 5.19. The van der Waals surface area contributed by atoms with Crippen LogP contribution in [-0.2, 0) is 0 Å². The molecule has 0 rings (SSSR count). The molecule has 0 heterocycles. The van der Waals surface area contributed by atoms with Crippen molar-refractivity contribution in [2.75, 3.05) is 6.61 Å². The molecule has 0 saturated carbocycles. The van der Waals surface area contributed by atoms with E-state index in [4.69, 9.17) is 5.11 Å². The summed E-state index contributed by atoms with van der Waals surface area (Å²) in [6.45, 7) is 3.24. The number of rotatable bonds is 2. The molecule has 1 N–H and O–H groups in total. The van der Waals surface area contributed by atoms with Crippen LogP contribution in [0.15, 0.2) is 11.9 Å². The molecular weight excluding hydrogens is 107 g/mol. The van der Waals surface area contributed by atoms with E-state index in [0.717, 1.165) is 0 Å². The average molecular weight is 118 g/mol. The zero-order valence-electron chi connectivity index (χ0n) is 5.19. The van der Waals surface area contributed by atoms with Crippen LogP contribution >= 0.6 is 0 Å². The summed E-state index contributed by atoms with van der Waals surface area (Å²) in [7, 11) is 0. The van der Waals surface area contributed by atoms with Gasteiger partial charge in [0, 0.05) is 0 Å². The Morgan fingerprint density at radius 2 is 2.25 bits per heavy atom. The minimum atomic E-state index is -0.474. The Kier molecular flexibility index (Phi) is 3.44. The molecule has 48 valence electrons. The van der Waals surface area contributed by atoms with Crippen LogP contribution in [0.4, 0.5) is 4.39 Å². The Morgan fingerprint density at radius 1 is 1.75 bits per heavy atom. The van der Waals surface area contributed by atoms with Crippen LogP contribution in [-0.4, -0.2) is 11.7 Å². The van der Waals surface area contributed by atoms with E-state index < -0.39 is 12.4 Å².